The molecule has 0 heterocycles. The van der Waals surface area contributed by atoms with Gasteiger partial charge in [-0.25, -0.2) is 0 Å². The third-order valence-corrected chi connectivity index (χ3v) is 3.44. The molecular formula is C14H21BrN2O. The quantitative estimate of drug-likeness (QED) is 0.876. The molecule has 0 aliphatic carbocycles. The van der Waals surface area contributed by atoms with Gasteiger partial charge in [0.15, 0.2) is 0 Å². The summed E-state index contributed by atoms with van der Waals surface area (Å²) in [6.45, 7) is 9.20. The molecule has 0 aromatic heterocycles. The van der Waals surface area contributed by atoms with Crippen molar-refractivity contribution < 1.29 is 4.79 Å². The van der Waals surface area contributed by atoms with Gasteiger partial charge in [-0.15, -0.1) is 0 Å². The maximum Gasteiger partial charge on any atom is 0.251 e. The Hall–Kier alpha value is -0.870. The Morgan fingerprint density at radius 3 is 2.33 bits per heavy atom. The summed E-state index contributed by atoms with van der Waals surface area (Å²) in [4.78, 5) is 14.3. The van der Waals surface area contributed by atoms with Gasteiger partial charge in [0.25, 0.3) is 5.91 Å². The fourth-order valence-corrected chi connectivity index (χ4v) is 2.09. The Bertz CT molecular complexity index is 374. The van der Waals surface area contributed by atoms with E-state index in [0.717, 1.165) is 24.1 Å². The third-order valence-electron chi connectivity index (χ3n) is 2.91. The van der Waals surface area contributed by atoms with Crippen LogP contribution in [-0.2, 0) is 0 Å². The minimum absolute atomic E-state index is 0.0119. The number of likely N-dealkylation sites (N-methyl/N-ethyl adjacent to an activating group) is 1. The van der Waals surface area contributed by atoms with Crippen LogP contribution in [0.15, 0.2) is 28.7 Å². The molecule has 1 aromatic carbocycles. The fraction of sp³-hybridized carbons (Fsp3) is 0.500. The van der Waals surface area contributed by atoms with E-state index in [4.69, 9.17) is 0 Å². The van der Waals surface area contributed by atoms with Crippen LogP contribution in [-0.4, -0.2) is 36.5 Å². The second kappa shape index (κ2) is 7.54. The van der Waals surface area contributed by atoms with E-state index in [1.165, 1.54) is 0 Å². The lowest BCUT2D eigenvalue weighted by atomic mass is 10.2. The summed E-state index contributed by atoms with van der Waals surface area (Å²) in [5.41, 5.74) is 0.699. The highest BCUT2D eigenvalue weighted by Crippen LogP contribution is 2.10. The lowest BCUT2D eigenvalue weighted by molar-refractivity contribution is 0.0930. The summed E-state index contributed by atoms with van der Waals surface area (Å²) in [5.74, 6) is -0.0119. The van der Waals surface area contributed by atoms with Gasteiger partial charge in [0.05, 0.1) is 0 Å². The number of nitrogens with zero attached hydrogens (tertiary/aromatic N) is 1. The first-order valence-electron chi connectivity index (χ1n) is 6.35. The second-order valence-electron chi connectivity index (χ2n) is 4.37. The average Bonchev–Trinajstić information content (AvgIpc) is 2.36. The zero-order valence-electron chi connectivity index (χ0n) is 11.2. The van der Waals surface area contributed by atoms with Crippen LogP contribution in [0.2, 0.25) is 0 Å². The van der Waals surface area contributed by atoms with E-state index in [9.17, 15) is 4.79 Å². The summed E-state index contributed by atoms with van der Waals surface area (Å²) in [5, 5.41) is 3.02. The van der Waals surface area contributed by atoms with Crippen molar-refractivity contribution in [3.05, 3.63) is 34.3 Å². The monoisotopic (exact) mass is 312 g/mol. The molecule has 18 heavy (non-hydrogen) atoms. The molecule has 0 fully saturated rings. The number of benzene rings is 1. The van der Waals surface area contributed by atoms with Gasteiger partial charge < -0.3 is 10.2 Å². The predicted molar refractivity (Wildman–Crippen MR) is 78.9 cm³/mol. The number of nitrogens with one attached hydrogen (secondary N) is 1. The van der Waals surface area contributed by atoms with Gasteiger partial charge in [0.1, 0.15) is 0 Å². The molecule has 0 saturated carbocycles. The van der Waals surface area contributed by atoms with Crippen molar-refractivity contribution in [2.24, 2.45) is 0 Å². The van der Waals surface area contributed by atoms with Gasteiger partial charge in [0.2, 0.25) is 0 Å². The molecule has 1 unspecified atom stereocenters. The number of halogens is 1. The van der Waals surface area contributed by atoms with Crippen LogP contribution in [0.5, 0.6) is 0 Å². The number of rotatable bonds is 6. The first-order chi connectivity index (χ1) is 8.56. The SMILES string of the molecule is CCN(CC)CC(C)NC(=O)c1ccc(Br)cc1. The Morgan fingerprint density at radius 1 is 1.28 bits per heavy atom. The van der Waals surface area contributed by atoms with E-state index in [2.05, 4.69) is 40.0 Å². The normalized spacial score (nSPS) is 12.5. The van der Waals surface area contributed by atoms with Crippen molar-refractivity contribution >= 4 is 21.8 Å². The molecule has 0 spiro atoms. The van der Waals surface area contributed by atoms with Gasteiger partial charge in [-0.2, -0.15) is 0 Å². The van der Waals surface area contributed by atoms with Gasteiger partial charge >= 0.3 is 0 Å². The fourth-order valence-electron chi connectivity index (χ4n) is 1.82. The molecule has 4 heteroatoms. The van der Waals surface area contributed by atoms with Crippen LogP contribution in [0.1, 0.15) is 31.1 Å². The molecule has 0 bridgehead atoms. The Labute approximate surface area is 118 Å². The van der Waals surface area contributed by atoms with Crippen LogP contribution in [0, 0.1) is 0 Å². The molecular weight excluding hydrogens is 292 g/mol. The second-order valence-corrected chi connectivity index (χ2v) is 5.28. The zero-order chi connectivity index (χ0) is 13.5. The molecule has 0 aliphatic heterocycles. The van der Waals surface area contributed by atoms with E-state index >= 15 is 0 Å². The summed E-state index contributed by atoms with van der Waals surface area (Å²) in [6, 6.07) is 7.56. The van der Waals surface area contributed by atoms with Crippen LogP contribution >= 0.6 is 15.9 Å². The van der Waals surface area contributed by atoms with Crippen molar-refractivity contribution in [1.29, 1.82) is 0 Å². The number of carbonyl (C=O) groups excluding carboxylic acids is 1. The molecule has 1 N–H and O–H groups in total. The van der Waals surface area contributed by atoms with Gasteiger partial charge in [-0.3, -0.25) is 4.79 Å². The van der Waals surface area contributed by atoms with Crippen LogP contribution < -0.4 is 5.32 Å². The van der Waals surface area contributed by atoms with Crippen molar-refractivity contribution in [3.8, 4) is 0 Å². The summed E-state index contributed by atoms with van der Waals surface area (Å²) in [7, 11) is 0. The molecule has 1 aromatic rings. The van der Waals surface area contributed by atoms with E-state index in [1.807, 2.05) is 31.2 Å². The first-order valence-corrected chi connectivity index (χ1v) is 7.14. The maximum absolute atomic E-state index is 12.0. The van der Waals surface area contributed by atoms with Crippen molar-refractivity contribution in [3.63, 3.8) is 0 Å². The topological polar surface area (TPSA) is 32.3 Å². The Morgan fingerprint density at radius 2 is 1.83 bits per heavy atom. The summed E-state index contributed by atoms with van der Waals surface area (Å²) < 4.78 is 0.982. The lowest BCUT2D eigenvalue weighted by Crippen LogP contribution is -2.41. The van der Waals surface area contributed by atoms with Crippen LogP contribution in [0.25, 0.3) is 0 Å². The molecule has 0 saturated heterocycles. The molecule has 1 amide bonds. The molecule has 0 aliphatic rings. The zero-order valence-corrected chi connectivity index (χ0v) is 12.8. The van der Waals surface area contributed by atoms with Crippen molar-refractivity contribution in [2.45, 2.75) is 26.8 Å². The van der Waals surface area contributed by atoms with E-state index in [0.29, 0.717) is 5.56 Å². The summed E-state index contributed by atoms with van der Waals surface area (Å²) >= 11 is 3.36. The van der Waals surface area contributed by atoms with Crippen molar-refractivity contribution in [2.75, 3.05) is 19.6 Å². The maximum atomic E-state index is 12.0. The first kappa shape index (κ1) is 15.2. The number of amides is 1. The lowest BCUT2D eigenvalue weighted by Gasteiger charge is -2.23. The number of carbonyl (C=O) groups is 1. The van der Waals surface area contributed by atoms with E-state index in [1.54, 1.807) is 0 Å². The van der Waals surface area contributed by atoms with E-state index < -0.39 is 0 Å². The standard InChI is InChI=1S/C14H21BrN2O/c1-4-17(5-2)10-11(3)16-14(18)12-6-8-13(15)9-7-12/h6-9,11H,4-5,10H2,1-3H3,(H,16,18). The van der Waals surface area contributed by atoms with Gasteiger partial charge in [0, 0.05) is 22.6 Å². The molecule has 1 rings (SSSR count). The minimum atomic E-state index is -0.0119. The van der Waals surface area contributed by atoms with Gasteiger partial charge in [-0.05, 0) is 44.3 Å². The highest BCUT2D eigenvalue weighted by atomic mass is 79.9. The number of hydrogen-bond acceptors (Lipinski definition) is 2. The molecule has 0 radical (unpaired) electrons. The Kier molecular flexibility index (Phi) is 6.36. The van der Waals surface area contributed by atoms with Crippen molar-refractivity contribution in [1.82, 2.24) is 10.2 Å². The van der Waals surface area contributed by atoms with Gasteiger partial charge in [-0.1, -0.05) is 29.8 Å². The molecule has 100 valence electrons. The largest absolute Gasteiger partial charge is 0.348 e. The summed E-state index contributed by atoms with van der Waals surface area (Å²) in [6.07, 6.45) is 0. The molecule has 1 atom stereocenters. The highest BCUT2D eigenvalue weighted by Gasteiger charge is 2.11. The minimum Gasteiger partial charge on any atom is -0.348 e. The Balaban J connectivity index is 2.51. The third kappa shape index (κ3) is 4.78. The van der Waals surface area contributed by atoms with E-state index in [-0.39, 0.29) is 11.9 Å². The van der Waals surface area contributed by atoms with Crippen LogP contribution in [0.3, 0.4) is 0 Å². The average molecular weight is 313 g/mol. The van der Waals surface area contributed by atoms with Crippen LogP contribution in [0.4, 0.5) is 0 Å². The molecule has 3 nitrogen and oxygen atoms in total. The predicted octanol–water partition coefficient (Wildman–Crippen LogP) is 2.91. The highest BCUT2D eigenvalue weighted by molar-refractivity contribution is 9.10. The number of hydrogen-bond donors (Lipinski definition) is 1. The smallest absolute Gasteiger partial charge is 0.251 e.